The van der Waals surface area contributed by atoms with Gasteiger partial charge in [0.25, 0.3) is 0 Å². The van der Waals surface area contributed by atoms with E-state index >= 15 is 0 Å². The molecule has 5 atom stereocenters. The Labute approximate surface area is 186 Å². The quantitative estimate of drug-likeness (QED) is 0.433. The zero-order valence-electron chi connectivity index (χ0n) is 19.2. The van der Waals surface area contributed by atoms with Crippen LogP contribution in [0, 0.1) is 46.8 Å². The molecule has 0 aromatic heterocycles. The van der Waals surface area contributed by atoms with Gasteiger partial charge in [-0.2, -0.15) is 0 Å². The number of hydrogen-bond acceptors (Lipinski definition) is 4. The Morgan fingerprint density at radius 2 is 1.61 bits per heavy atom. The second kappa shape index (κ2) is 6.84. The maximum Gasteiger partial charge on any atom is 0.333 e. The summed E-state index contributed by atoms with van der Waals surface area (Å²) >= 11 is 0. The van der Waals surface area contributed by atoms with Crippen molar-refractivity contribution in [3.8, 4) is 0 Å². The number of rotatable bonds is 5. The van der Waals surface area contributed by atoms with Crippen LogP contribution in [0.15, 0.2) is 12.2 Å². The predicted octanol–water partition coefficient (Wildman–Crippen LogP) is 5.45. The number of carbonyl (C=O) groups is 2. The fraction of sp³-hybridized carbons (Fsp3) is 0.852. The molecular weight excluding hydrogens is 388 g/mol. The number of hydrogen-bond donors (Lipinski definition) is 0. The molecule has 0 N–H and O–H groups in total. The standard InChI is InChI=1S/C27H38O4/c1-15(2)24(28)30-22-10-19(11-22)25(29)31-27(23-9-16-4-5-18(23)6-16)20-7-17-8-21(27)14-26(3,12-17)13-20/h16-23H,1,4-14H2,2-3H3. The van der Waals surface area contributed by atoms with Crippen LogP contribution in [0.25, 0.3) is 0 Å². The predicted molar refractivity (Wildman–Crippen MR) is 117 cm³/mol. The van der Waals surface area contributed by atoms with Gasteiger partial charge in [0.2, 0.25) is 0 Å². The van der Waals surface area contributed by atoms with E-state index in [-0.39, 0.29) is 29.6 Å². The SMILES string of the molecule is C=C(C)C(=O)OC1CC(C(=O)OC2(C3CC4CCC3C4)C3CC4CC2CC(C)(C4)C3)C1. The van der Waals surface area contributed by atoms with Crippen molar-refractivity contribution < 1.29 is 19.1 Å². The average Bonchev–Trinajstić information content (AvgIpc) is 3.29. The monoisotopic (exact) mass is 426 g/mol. The van der Waals surface area contributed by atoms with Crippen LogP contribution in [0.3, 0.4) is 0 Å². The molecule has 170 valence electrons. The number of ether oxygens (including phenoxy) is 2. The Hall–Kier alpha value is -1.32. The van der Waals surface area contributed by atoms with E-state index in [1.807, 2.05) is 0 Å². The summed E-state index contributed by atoms with van der Waals surface area (Å²) in [6.45, 7) is 7.81. The maximum atomic E-state index is 13.5. The van der Waals surface area contributed by atoms with E-state index in [9.17, 15) is 9.59 Å². The molecule has 7 aliphatic rings. The molecule has 5 unspecified atom stereocenters. The molecule has 4 nitrogen and oxygen atoms in total. The summed E-state index contributed by atoms with van der Waals surface area (Å²) < 4.78 is 12.2. The first kappa shape index (κ1) is 20.3. The van der Waals surface area contributed by atoms with E-state index in [4.69, 9.17) is 9.47 Å². The van der Waals surface area contributed by atoms with Crippen LogP contribution in [-0.2, 0) is 19.1 Å². The van der Waals surface area contributed by atoms with Crippen molar-refractivity contribution in [3.63, 3.8) is 0 Å². The van der Waals surface area contributed by atoms with E-state index in [0.29, 0.717) is 41.6 Å². The van der Waals surface area contributed by atoms with Crippen molar-refractivity contribution in [2.24, 2.45) is 46.8 Å². The van der Waals surface area contributed by atoms with Crippen molar-refractivity contribution in [1.82, 2.24) is 0 Å². The topological polar surface area (TPSA) is 52.6 Å². The van der Waals surface area contributed by atoms with Gasteiger partial charge in [-0.1, -0.05) is 19.9 Å². The molecule has 7 fully saturated rings. The molecule has 0 aliphatic heterocycles. The van der Waals surface area contributed by atoms with Crippen LogP contribution >= 0.6 is 0 Å². The highest BCUT2D eigenvalue weighted by Crippen LogP contribution is 2.69. The third-order valence-corrected chi connectivity index (χ3v) is 10.4. The molecule has 7 rings (SSSR count). The third kappa shape index (κ3) is 3.06. The first-order valence-electron chi connectivity index (χ1n) is 12.8. The molecule has 0 radical (unpaired) electrons. The number of carbonyl (C=O) groups excluding carboxylic acids is 2. The van der Waals surface area contributed by atoms with Crippen LogP contribution in [0.5, 0.6) is 0 Å². The smallest absolute Gasteiger partial charge is 0.333 e. The molecular formula is C27H38O4. The van der Waals surface area contributed by atoms with Crippen LogP contribution < -0.4 is 0 Å². The highest BCUT2D eigenvalue weighted by atomic mass is 16.6. The molecule has 0 aromatic rings. The van der Waals surface area contributed by atoms with Crippen molar-refractivity contribution in [2.45, 2.75) is 96.2 Å². The minimum atomic E-state index is -0.343. The van der Waals surface area contributed by atoms with Gasteiger partial charge < -0.3 is 9.47 Å². The summed E-state index contributed by atoms with van der Waals surface area (Å²) in [5.41, 5.74) is 0.693. The largest absolute Gasteiger partial charge is 0.459 e. The zero-order valence-corrected chi connectivity index (χ0v) is 19.2. The second-order valence-corrected chi connectivity index (χ2v) is 12.7. The Morgan fingerprint density at radius 1 is 0.903 bits per heavy atom. The van der Waals surface area contributed by atoms with Gasteiger partial charge in [-0.25, -0.2) is 4.79 Å². The summed E-state index contributed by atoms with van der Waals surface area (Å²) in [4.78, 5) is 25.2. The summed E-state index contributed by atoms with van der Waals surface area (Å²) in [5, 5.41) is 0. The first-order valence-corrected chi connectivity index (χ1v) is 12.8. The lowest BCUT2D eigenvalue weighted by atomic mass is 9.42. The Morgan fingerprint density at radius 3 is 2.16 bits per heavy atom. The van der Waals surface area contributed by atoms with Crippen LogP contribution in [-0.4, -0.2) is 23.6 Å². The average molecular weight is 427 g/mol. The third-order valence-electron chi connectivity index (χ3n) is 10.4. The summed E-state index contributed by atoms with van der Waals surface area (Å²) in [6.07, 6.45) is 12.9. The Balaban J connectivity index is 1.21. The second-order valence-electron chi connectivity index (χ2n) is 12.7. The summed E-state index contributed by atoms with van der Waals surface area (Å²) in [5.74, 6) is 3.76. The van der Waals surface area contributed by atoms with Crippen LogP contribution in [0.4, 0.5) is 0 Å². The zero-order chi connectivity index (χ0) is 21.5. The van der Waals surface area contributed by atoms with E-state index in [1.165, 1.54) is 57.8 Å². The number of fused-ring (bicyclic) bond motifs is 2. The number of esters is 2. The lowest BCUT2D eigenvalue weighted by Gasteiger charge is -2.66. The van der Waals surface area contributed by atoms with Gasteiger partial charge in [0.15, 0.2) is 0 Å². The van der Waals surface area contributed by atoms with Crippen molar-refractivity contribution in [1.29, 1.82) is 0 Å². The molecule has 7 saturated carbocycles. The van der Waals surface area contributed by atoms with Crippen molar-refractivity contribution in [3.05, 3.63) is 12.2 Å². The molecule has 31 heavy (non-hydrogen) atoms. The van der Waals surface area contributed by atoms with Crippen LogP contribution in [0.1, 0.15) is 84.5 Å². The van der Waals surface area contributed by atoms with Crippen molar-refractivity contribution in [2.75, 3.05) is 0 Å². The minimum Gasteiger partial charge on any atom is -0.459 e. The highest BCUT2D eigenvalue weighted by Gasteiger charge is 2.68. The Bertz CT molecular complexity index is 792. The van der Waals surface area contributed by atoms with E-state index < -0.39 is 0 Å². The first-order chi connectivity index (χ1) is 14.8. The normalized spacial score (nSPS) is 51.4. The van der Waals surface area contributed by atoms with Gasteiger partial charge in [0.1, 0.15) is 11.7 Å². The molecule has 0 spiro atoms. The molecule has 4 heteroatoms. The van der Waals surface area contributed by atoms with Crippen molar-refractivity contribution >= 4 is 11.9 Å². The van der Waals surface area contributed by atoms with Gasteiger partial charge in [-0.3, -0.25) is 4.79 Å². The van der Waals surface area contributed by atoms with Gasteiger partial charge >= 0.3 is 11.9 Å². The van der Waals surface area contributed by atoms with Gasteiger partial charge in [0.05, 0.1) is 5.92 Å². The fourth-order valence-electron chi connectivity index (χ4n) is 9.40. The van der Waals surface area contributed by atoms with E-state index in [2.05, 4.69) is 13.5 Å². The van der Waals surface area contributed by atoms with E-state index in [1.54, 1.807) is 6.92 Å². The fourth-order valence-corrected chi connectivity index (χ4v) is 9.40. The minimum absolute atomic E-state index is 0.00280. The molecule has 0 heterocycles. The molecule has 0 aromatic carbocycles. The summed E-state index contributed by atoms with van der Waals surface area (Å²) in [6, 6.07) is 0. The van der Waals surface area contributed by atoms with Gasteiger partial charge in [0, 0.05) is 23.3 Å². The lowest BCUT2D eigenvalue weighted by molar-refractivity contribution is -0.253. The van der Waals surface area contributed by atoms with Crippen LogP contribution in [0.2, 0.25) is 0 Å². The molecule has 0 amide bonds. The molecule has 0 saturated heterocycles. The highest BCUT2D eigenvalue weighted by molar-refractivity contribution is 5.87. The Kier molecular flexibility index (Phi) is 4.48. The molecule has 6 bridgehead atoms. The lowest BCUT2D eigenvalue weighted by Crippen LogP contribution is -2.66. The molecule has 7 aliphatic carbocycles. The summed E-state index contributed by atoms with van der Waals surface area (Å²) in [7, 11) is 0. The maximum absolute atomic E-state index is 13.5. The van der Waals surface area contributed by atoms with E-state index in [0.717, 1.165) is 17.8 Å². The van der Waals surface area contributed by atoms with Gasteiger partial charge in [-0.05, 0) is 94.3 Å². The van der Waals surface area contributed by atoms with Gasteiger partial charge in [-0.15, -0.1) is 0 Å².